The number of benzene rings is 6. The molecule has 233 valence electrons. The number of hydrogen-bond donors (Lipinski definition) is 0. The first-order valence-electron chi connectivity index (χ1n) is 15.5. The molecule has 0 saturated carbocycles. The van der Waals surface area contributed by atoms with Crippen LogP contribution in [-0.4, -0.2) is 10.1 Å². The molecular formula is C43H28IrN2O2-2. The summed E-state index contributed by atoms with van der Waals surface area (Å²) < 4.78 is 11.7. The zero-order valence-electron chi connectivity index (χ0n) is 26.0. The molecule has 0 amide bonds. The second-order valence-corrected chi connectivity index (χ2v) is 11.3. The molecule has 48 heavy (non-hydrogen) atoms. The third-order valence-electron chi connectivity index (χ3n) is 8.33. The summed E-state index contributed by atoms with van der Waals surface area (Å²) in [7, 11) is 0. The van der Waals surface area contributed by atoms with Crippen LogP contribution in [0.4, 0.5) is 0 Å². The van der Waals surface area contributed by atoms with Crippen molar-refractivity contribution in [1.82, 2.24) is 10.1 Å². The van der Waals surface area contributed by atoms with E-state index in [9.17, 15) is 0 Å². The molecule has 0 bridgehead atoms. The first-order valence-corrected chi connectivity index (χ1v) is 15.5. The number of para-hydroxylation sites is 3. The SMILES string of the molecule is Cc1cc(-c2[c-]cccc2)ncc1-c1ccccc1.[Ir].[c-]1ccc(-c2cccc3c2oc2ccccc23)cc1-c1noc2ccccc12. The van der Waals surface area contributed by atoms with Crippen LogP contribution in [0.2, 0.25) is 0 Å². The van der Waals surface area contributed by atoms with E-state index in [4.69, 9.17) is 8.94 Å². The summed E-state index contributed by atoms with van der Waals surface area (Å²) in [6.07, 6.45) is 1.95. The van der Waals surface area contributed by atoms with E-state index in [2.05, 4.69) is 77.7 Å². The van der Waals surface area contributed by atoms with Gasteiger partial charge >= 0.3 is 0 Å². The number of rotatable bonds is 4. The van der Waals surface area contributed by atoms with Crippen molar-refractivity contribution in [3.05, 3.63) is 169 Å². The summed E-state index contributed by atoms with van der Waals surface area (Å²) in [4.78, 5) is 4.55. The van der Waals surface area contributed by atoms with Crippen LogP contribution in [0.3, 0.4) is 0 Å². The smallest absolute Gasteiger partial charge is 0.157 e. The third-order valence-corrected chi connectivity index (χ3v) is 8.33. The van der Waals surface area contributed by atoms with Gasteiger partial charge in [-0.1, -0.05) is 96.6 Å². The van der Waals surface area contributed by atoms with Crippen molar-refractivity contribution in [3.8, 4) is 44.8 Å². The van der Waals surface area contributed by atoms with Crippen molar-refractivity contribution in [2.24, 2.45) is 0 Å². The maximum atomic E-state index is 6.19. The van der Waals surface area contributed by atoms with E-state index in [0.717, 1.165) is 66.5 Å². The van der Waals surface area contributed by atoms with Gasteiger partial charge in [0.25, 0.3) is 0 Å². The number of furan rings is 1. The van der Waals surface area contributed by atoms with Gasteiger partial charge in [0.05, 0.1) is 0 Å². The van der Waals surface area contributed by atoms with Crippen LogP contribution < -0.4 is 0 Å². The van der Waals surface area contributed by atoms with Crippen molar-refractivity contribution in [2.45, 2.75) is 6.92 Å². The average molecular weight is 797 g/mol. The van der Waals surface area contributed by atoms with E-state index in [1.807, 2.05) is 103 Å². The Hall–Kier alpha value is -5.61. The number of aryl methyl sites for hydroxylation is 1. The minimum absolute atomic E-state index is 0. The Kier molecular flexibility index (Phi) is 8.80. The van der Waals surface area contributed by atoms with Crippen molar-refractivity contribution in [1.29, 1.82) is 0 Å². The molecule has 0 aliphatic carbocycles. The summed E-state index contributed by atoms with van der Waals surface area (Å²) in [6.45, 7) is 2.12. The van der Waals surface area contributed by atoms with Gasteiger partial charge in [-0.3, -0.25) is 0 Å². The van der Waals surface area contributed by atoms with Crippen molar-refractivity contribution >= 4 is 32.9 Å². The molecule has 3 aromatic heterocycles. The maximum absolute atomic E-state index is 6.19. The van der Waals surface area contributed by atoms with Gasteiger partial charge in [0.1, 0.15) is 11.2 Å². The predicted octanol–water partition coefficient (Wildman–Crippen LogP) is 11.4. The van der Waals surface area contributed by atoms with Crippen LogP contribution in [0, 0.1) is 19.1 Å². The monoisotopic (exact) mass is 797 g/mol. The molecule has 0 atom stereocenters. The van der Waals surface area contributed by atoms with E-state index < -0.39 is 0 Å². The van der Waals surface area contributed by atoms with Crippen LogP contribution in [-0.2, 0) is 20.1 Å². The van der Waals surface area contributed by atoms with Gasteiger partial charge in [0.2, 0.25) is 0 Å². The molecule has 0 unspecified atom stereocenters. The zero-order chi connectivity index (χ0) is 31.6. The summed E-state index contributed by atoms with van der Waals surface area (Å²) in [5, 5.41) is 7.50. The number of pyridine rings is 1. The largest absolute Gasteiger partial charge is 0.455 e. The number of fused-ring (bicyclic) bond motifs is 4. The Bertz CT molecular complexity index is 2480. The second-order valence-electron chi connectivity index (χ2n) is 11.3. The van der Waals surface area contributed by atoms with Crippen LogP contribution in [0.5, 0.6) is 0 Å². The molecule has 0 spiro atoms. The Morgan fingerprint density at radius 3 is 2.10 bits per heavy atom. The Morgan fingerprint density at radius 2 is 1.29 bits per heavy atom. The molecule has 0 aliphatic rings. The van der Waals surface area contributed by atoms with E-state index >= 15 is 0 Å². The summed E-state index contributed by atoms with van der Waals surface area (Å²) in [5.41, 5.74) is 12.0. The summed E-state index contributed by atoms with van der Waals surface area (Å²) >= 11 is 0. The van der Waals surface area contributed by atoms with Gasteiger partial charge < -0.3 is 13.9 Å². The molecule has 9 rings (SSSR count). The minimum atomic E-state index is 0. The minimum Gasteiger partial charge on any atom is -0.455 e. The Balaban J connectivity index is 0.000000160. The van der Waals surface area contributed by atoms with Gasteiger partial charge in [-0.05, 0) is 35.9 Å². The predicted molar refractivity (Wildman–Crippen MR) is 190 cm³/mol. The molecular weight excluding hydrogens is 769 g/mol. The van der Waals surface area contributed by atoms with Crippen LogP contribution >= 0.6 is 0 Å². The summed E-state index contributed by atoms with van der Waals surface area (Å²) in [5.74, 6) is 0. The Morgan fingerprint density at radius 1 is 0.562 bits per heavy atom. The fourth-order valence-electron chi connectivity index (χ4n) is 6.00. The number of hydrogen-bond acceptors (Lipinski definition) is 4. The van der Waals surface area contributed by atoms with Crippen LogP contribution in [0.15, 0.2) is 161 Å². The molecule has 9 aromatic rings. The van der Waals surface area contributed by atoms with E-state index in [-0.39, 0.29) is 20.1 Å². The number of aromatic nitrogens is 2. The quantitative estimate of drug-likeness (QED) is 0.167. The molecule has 0 N–H and O–H groups in total. The van der Waals surface area contributed by atoms with E-state index in [0.29, 0.717) is 0 Å². The molecule has 3 heterocycles. The zero-order valence-corrected chi connectivity index (χ0v) is 28.4. The van der Waals surface area contributed by atoms with Crippen molar-refractivity contribution < 1.29 is 29.0 Å². The maximum Gasteiger partial charge on any atom is 0.157 e. The van der Waals surface area contributed by atoms with Crippen molar-refractivity contribution in [2.75, 3.05) is 0 Å². The first kappa shape index (κ1) is 31.0. The normalized spacial score (nSPS) is 10.9. The fourth-order valence-corrected chi connectivity index (χ4v) is 6.00. The molecule has 0 saturated heterocycles. The number of nitrogens with zero attached hydrogens (tertiary/aromatic N) is 2. The fraction of sp³-hybridized carbons (Fsp3) is 0.0233. The van der Waals surface area contributed by atoms with E-state index in [1.54, 1.807) is 0 Å². The molecule has 4 nitrogen and oxygen atoms in total. The van der Waals surface area contributed by atoms with Gasteiger partial charge in [-0.15, -0.1) is 70.9 Å². The van der Waals surface area contributed by atoms with Crippen LogP contribution in [0.1, 0.15) is 5.56 Å². The molecule has 0 aliphatic heterocycles. The van der Waals surface area contributed by atoms with E-state index in [1.165, 1.54) is 16.7 Å². The Labute approximate surface area is 292 Å². The van der Waals surface area contributed by atoms with Gasteiger partial charge in [0, 0.05) is 59.3 Å². The molecule has 5 heteroatoms. The third kappa shape index (κ3) is 5.98. The standard InChI is InChI=1S/C25H14NO2.C18H14N.Ir/c1-3-13-22-19(9-1)20-12-6-11-18(25(20)27-22)16-7-5-8-17(15-16)24-21-10-2-4-14-23(21)28-26-24;1-14-12-18(16-10-6-3-7-11-16)19-13-17(14)15-8-4-2-5-9-15;/h1-7,9-15H;2-10,12-13H,1H3;/q2*-1;. The van der Waals surface area contributed by atoms with Crippen molar-refractivity contribution in [3.63, 3.8) is 0 Å². The van der Waals surface area contributed by atoms with Crippen LogP contribution in [0.25, 0.3) is 77.7 Å². The van der Waals surface area contributed by atoms with Gasteiger partial charge in [-0.25, -0.2) is 0 Å². The van der Waals surface area contributed by atoms with Gasteiger partial charge in [-0.2, -0.15) is 0 Å². The molecule has 1 radical (unpaired) electrons. The molecule has 6 aromatic carbocycles. The topological polar surface area (TPSA) is 52.1 Å². The molecule has 0 fully saturated rings. The summed E-state index contributed by atoms with van der Waals surface area (Å²) in [6, 6.07) is 55.2. The second kappa shape index (κ2) is 13.6. The first-order chi connectivity index (χ1) is 23.2. The average Bonchev–Trinajstić information content (AvgIpc) is 3.75. The van der Waals surface area contributed by atoms with Gasteiger partial charge in [0.15, 0.2) is 5.58 Å².